The normalized spacial score (nSPS) is 12.3. The van der Waals surface area contributed by atoms with Crippen LogP contribution in [0.3, 0.4) is 0 Å². The Kier molecular flexibility index (Phi) is 5.61. The van der Waals surface area contributed by atoms with Crippen LogP contribution in [-0.2, 0) is 10.1 Å². The van der Waals surface area contributed by atoms with Crippen LogP contribution in [0.15, 0.2) is 115 Å². The lowest BCUT2D eigenvalue weighted by molar-refractivity contribution is -0.0499. The van der Waals surface area contributed by atoms with Crippen molar-refractivity contribution in [2.45, 2.75) is 5.51 Å². The van der Waals surface area contributed by atoms with Crippen molar-refractivity contribution in [3.63, 3.8) is 0 Å². The minimum atomic E-state index is -5.91. The van der Waals surface area contributed by atoms with E-state index in [2.05, 4.69) is 0 Å². The molecule has 0 atom stereocenters. The van der Waals surface area contributed by atoms with Gasteiger partial charge in [-0.05, 0) is 55.6 Å². The average Bonchev–Trinajstić information content (AvgIpc) is 2.91. The van der Waals surface area contributed by atoms with E-state index in [4.69, 9.17) is 4.18 Å². The van der Waals surface area contributed by atoms with Gasteiger partial charge in [0.2, 0.25) is 0 Å². The number of fused-ring (bicyclic) bond motifs is 3. The maximum absolute atomic E-state index is 13.4. The van der Waals surface area contributed by atoms with Gasteiger partial charge in [-0.25, -0.2) is 0 Å². The number of alkyl halides is 3. The lowest BCUT2D eigenvalue weighted by atomic mass is 9.85. The highest BCUT2D eigenvalue weighted by Gasteiger charge is 2.49. The van der Waals surface area contributed by atoms with Crippen LogP contribution in [0.1, 0.15) is 0 Å². The van der Waals surface area contributed by atoms with Crippen LogP contribution in [-0.4, -0.2) is 13.9 Å². The van der Waals surface area contributed by atoms with Crippen LogP contribution in [0.25, 0.3) is 54.6 Å². The van der Waals surface area contributed by atoms with Crippen molar-refractivity contribution in [1.29, 1.82) is 0 Å². The molecule has 0 aliphatic rings. The van der Waals surface area contributed by atoms with Gasteiger partial charge in [-0.2, -0.15) is 21.6 Å². The van der Waals surface area contributed by atoms with E-state index in [1.54, 1.807) is 18.2 Å². The largest absolute Gasteiger partial charge is 0.534 e. The highest BCUT2D eigenvalue weighted by atomic mass is 32.2. The van der Waals surface area contributed by atoms with Crippen LogP contribution in [0.2, 0.25) is 0 Å². The van der Waals surface area contributed by atoms with Crippen molar-refractivity contribution in [1.82, 2.24) is 0 Å². The van der Waals surface area contributed by atoms with Crippen molar-refractivity contribution in [3.8, 4) is 28.0 Å². The quantitative estimate of drug-likeness (QED) is 0.131. The highest BCUT2D eigenvalue weighted by molar-refractivity contribution is 7.88. The fourth-order valence-electron chi connectivity index (χ4n) is 4.98. The zero-order valence-corrected chi connectivity index (χ0v) is 20.6. The summed E-state index contributed by atoms with van der Waals surface area (Å²) in [5, 5.41) is 4.57. The molecule has 0 spiro atoms. The van der Waals surface area contributed by atoms with Gasteiger partial charge >= 0.3 is 15.6 Å². The Labute approximate surface area is 216 Å². The number of benzene rings is 6. The number of hydrogen-bond acceptors (Lipinski definition) is 3. The summed E-state index contributed by atoms with van der Waals surface area (Å²) in [5.41, 5.74) is -2.76. The molecule has 0 amide bonds. The highest BCUT2D eigenvalue weighted by Crippen LogP contribution is 2.47. The van der Waals surface area contributed by atoms with Crippen LogP contribution in [0.4, 0.5) is 13.2 Å². The van der Waals surface area contributed by atoms with Crippen molar-refractivity contribution < 1.29 is 25.8 Å². The van der Waals surface area contributed by atoms with E-state index in [1.165, 1.54) is 6.07 Å². The van der Waals surface area contributed by atoms with Crippen LogP contribution in [0, 0.1) is 0 Å². The lowest BCUT2D eigenvalue weighted by Crippen LogP contribution is -2.28. The fourth-order valence-corrected chi connectivity index (χ4v) is 5.45. The minimum Gasteiger partial charge on any atom is -0.375 e. The predicted octanol–water partition coefficient (Wildman–Crippen LogP) is 8.71. The second kappa shape index (κ2) is 8.89. The van der Waals surface area contributed by atoms with Gasteiger partial charge in [0.15, 0.2) is 5.75 Å². The third-order valence-corrected chi connectivity index (χ3v) is 7.56. The molecule has 0 radical (unpaired) electrons. The number of hydrogen-bond donors (Lipinski definition) is 0. The van der Waals surface area contributed by atoms with E-state index < -0.39 is 15.6 Å². The Morgan fingerprint density at radius 3 is 1.53 bits per heavy atom. The summed E-state index contributed by atoms with van der Waals surface area (Å²) in [4.78, 5) is 0. The Bertz CT molecular complexity index is 1890. The molecule has 38 heavy (non-hydrogen) atoms. The zero-order chi connectivity index (χ0) is 26.5. The van der Waals surface area contributed by atoms with E-state index in [1.807, 2.05) is 91.0 Å². The molecule has 0 heterocycles. The minimum absolute atomic E-state index is 0.253. The summed E-state index contributed by atoms with van der Waals surface area (Å²) >= 11 is 0. The van der Waals surface area contributed by atoms with Crippen molar-refractivity contribution in [3.05, 3.63) is 115 Å². The summed E-state index contributed by atoms with van der Waals surface area (Å²) in [5.74, 6) is -0.385. The van der Waals surface area contributed by atoms with Gasteiger partial charge in [0, 0.05) is 11.1 Å². The molecule has 7 heteroatoms. The molecule has 0 aromatic heterocycles. The van der Waals surface area contributed by atoms with Gasteiger partial charge in [-0.3, -0.25) is 0 Å². The average molecular weight is 529 g/mol. The Morgan fingerprint density at radius 1 is 0.553 bits per heavy atom. The molecule has 0 fully saturated rings. The molecule has 0 unspecified atom stereocenters. The van der Waals surface area contributed by atoms with E-state index in [0.717, 1.165) is 38.1 Å². The molecular formula is C31H19F3O3S. The van der Waals surface area contributed by atoms with Gasteiger partial charge in [-0.1, -0.05) is 103 Å². The van der Waals surface area contributed by atoms with Crippen molar-refractivity contribution in [2.24, 2.45) is 0 Å². The number of rotatable bonds is 4. The first-order valence-corrected chi connectivity index (χ1v) is 13.2. The molecule has 0 N–H and O–H groups in total. The van der Waals surface area contributed by atoms with Crippen LogP contribution >= 0.6 is 0 Å². The molecule has 188 valence electrons. The first kappa shape index (κ1) is 24.0. The Hall–Kier alpha value is -4.36. The molecule has 6 rings (SSSR count). The fraction of sp³-hybridized carbons (Fsp3) is 0.0323. The van der Waals surface area contributed by atoms with Gasteiger partial charge in [0.1, 0.15) is 0 Å². The molecule has 0 aliphatic heterocycles. The molecule has 6 aromatic carbocycles. The molecule has 0 bridgehead atoms. The summed E-state index contributed by atoms with van der Waals surface area (Å²) < 4.78 is 69.3. The molecular weight excluding hydrogens is 509 g/mol. The van der Waals surface area contributed by atoms with Gasteiger partial charge in [0.25, 0.3) is 0 Å². The molecule has 0 saturated carbocycles. The van der Waals surface area contributed by atoms with Crippen molar-refractivity contribution >= 4 is 42.4 Å². The van der Waals surface area contributed by atoms with E-state index in [9.17, 15) is 21.6 Å². The van der Waals surface area contributed by atoms with E-state index in [-0.39, 0.29) is 11.3 Å². The smallest absolute Gasteiger partial charge is 0.375 e. The van der Waals surface area contributed by atoms with E-state index in [0.29, 0.717) is 10.9 Å². The maximum atomic E-state index is 13.4. The molecule has 0 aliphatic carbocycles. The molecule has 3 nitrogen and oxygen atoms in total. The van der Waals surface area contributed by atoms with Crippen LogP contribution < -0.4 is 4.18 Å². The first-order chi connectivity index (χ1) is 18.2. The Balaban J connectivity index is 1.77. The lowest BCUT2D eigenvalue weighted by Gasteiger charge is -2.20. The predicted molar refractivity (Wildman–Crippen MR) is 145 cm³/mol. The zero-order valence-electron chi connectivity index (χ0n) is 19.7. The van der Waals surface area contributed by atoms with Gasteiger partial charge in [0.05, 0.1) is 0 Å². The van der Waals surface area contributed by atoms with Crippen LogP contribution in [0.5, 0.6) is 5.75 Å². The topological polar surface area (TPSA) is 43.4 Å². The van der Waals surface area contributed by atoms with E-state index >= 15 is 0 Å². The molecule has 6 aromatic rings. The monoisotopic (exact) mass is 528 g/mol. The third kappa shape index (κ3) is 3.96. The van der Waals surface area contributed by atoms with Gasteiger partial charge < -0.3 is 4.18 Å². The number of halogens is 3. The second-order valence-electron chi connectivity index (χ2n) is 8.89. The third-order valence-electron chi connectivity index (χ3n) is 6.59. The SMILES string of the molecule is O=S(=O)(Oc1cc2ccccc2cc1-c1c2ccccc2c(-c2ccccc2)c2ccccc12)C(F)(F)F. The summed E-state index contributed by atoms with van der Waals surface area (Å²) in [6.45, 7) is 0. The Morgan fingerprint density at radius 2 is 1.00 bits per heavy atom. The summed E-state index contributed by atoms with van der Waals surface area (Å²) in [6, 6.07) is 35.1. The second-order valence-corrected chi connectivity index (χ2v) is 10.4. The first-order valence-electron chi connectivity index (χ1n) is 11.8. The standard InChI is InChI=1S/C31H19F3O3S/c32-31(33,34)38(35,36)37-28-19-22-13-5-4-12-21(22)18-27(28)30-25-16-8-6-14-23(25)29(20-10-2-1-3-11-20)24-15-7-9-17-26(24)30/h1-19H. The van der Waals surface area contributed by atoms with Gasteiger partial charge in [-0.15, -0.1) is 0 Å². The summed E-state index contributed by atoms with van der Waals surface area (Å²) in [6.07, 6.45) is 0. The van der Waals surface area contributed by atoms with Crippen molar-refractivity contribution in [2.75, 3.05) is 0 Å². The molecule has 0 saturated heterocycles. The maximum Gasteiger partial charge on any atom is 0.534 e. The summed E-state index contributed by atoms with van der Waals surface area (Å²) in [7, 11) is -5.91.